The lowest BCUT2D eigenvalue weighted by Gasteiger charge is -2.36. The van der Waals surface area contributed by atoms with E-state index in [9.17, 15) is 14.7 Å². The molecule has 0 radical (unpaired) electrons. The van der Waals surface area contributed by atoms with Gasteiger partial charge in [-0.25, -0.2) is 4.98 Å². The highest BCUT2D eigenvalue weighted by Crippen LogP contribution is 2.54. The number of ketones is 2. The minimum absolute atomic E-state index is 0.0222. The van der Waals surface area contributed by atoms with Crippen LogP contribution < -0.4 is 14.2 Å². The van der Waals surface area contributed by atoms with Crippen LogP contribution in [0.5, 0.6) is 17.2 Å². The molecule has 1 aliphatic heterocycles. The Labute approximate surface area is 228 Å². The SMILES string of the molecule is COCc1nc(-c2cccc(N=CC3=C(O)C4(Oc5c(Cl)c(OC)cc(OC)c5C4=O)C(C)CC3=O)c2)n[nH]1. The molecule has 12 heteroatoms. The minimum Gasteiger partial charge on any atom is -0.507 e. The molecule has 5 rings (SSSR count). The number of fused-ring (bicyclic) bond motifs is 1. The van der Waals surface area contributed by atoms with Crippen molar-refractivity contribution in [3.63, 3.8) is 0 Å². The van der Waals surface area contributed by atoms with Crippen LogP contribution in [0.3, 0.4) is 0 Å². The molecule has 0 saturated heterocycles. The molecule has 1 spiro atoms. The summed E-state index contributed by atoms with van der Waals surface area (Å²) in [4.78, 5) is 35.6. The molecular weight excluding hydrogens is 528 g/mol. The third kappa shape index (κ3) is 4.23. The molecule has 1 aromatic heterocycles. The van der Waals surface area contributed by atoms with Gasteiger partial charge in [-0.05, 0) is 12.1 Å². The largest absolute Gasteiger partial charge is 0.507 e. The Balaban J connectivity index is 1.53. The van der Waals surface area contributed by atoms with E-state index in [2.05, 4.69) is 20.2 Å². The summed E-state index contributed by atoms with van der Waals surface area (Å²) in [6.45, 7) is 1.94. The summed E-state index contributed by atoms with van der Waals surface area (Å²) in [5.74, 6) is -0.736. The van der Waals surface area contributed by atoms with E-state index >= 15 is 0 Å². The first-order valence-electron chi connectivity index (χ1n) is 11.9. The van der Waals surface area contributed by atoms with Crippen molar-refractivity contribution >= 4 is 35.1 Å². The van der Waals surface area contributed by atoms with E-state index in [0.29, 0.717) is 22.9 Å². The van der Waals surface area contributed by atoms with Gasteiger partial charge in [0.15, 0.2) is 28.9 Å². The van der Waals surface area contributed by atoms with Gasteiger partial charge in [0, 0.05) is 37.3 Å². The van der Waals surface area contributed by atoms with Crippen LogP contribution in [0.4, 0.5) is 5.69 Å². The van der Waals surface area contributed by atoms with Crippen LogP contribution in [0, 0.1) is 5.92 Å². The van der Waals surface area contributed by atoms with Crippen LogP contribution in [0.1, 0.15) is 29.5 Å². The molecule has 2 heterocycles. The van der Waals surface area contributed by atoms with Crippen molar-refractivity contribution in [2.75, 3.05) is 21.3 Å². The zero-order valence-corrected chi connectivity index (χ0v) is 22.3. The van der Waals surface area contributed by atoms with Gasteiger partial charge < -0.3 is 24.1 Å². The number of methoxy groups -OCH3 is 3. The standard InChI is InChI=1S/C27H25ClN4O7/c1-13-8-17(33)16(11-29-15-7-5-6-14(9-15)26-30-20(12-36-2)31-32-26)24(34)27(13)25(35)21-18(37-3)10-19(38-4)22(28)23(21)39-27/h5-7,9-11,13,34H,8,12H2,1-4H3,(H,30,31,32). The molecule has 2 aromatic carbocycles. The number of nitrogens with one attached hydrogen (secondary N) is 1. The van der Waals surface area contributed by atoms with E-state index in [1.54, 1.807) is 32.2 Å². The molecule has 2 N–H and O–H groups in total. The van der Waals surface area contributed by atoms with Gasteiger partial charge in [0.05, 0.1) is 25.5 Å². The number of rotatable bonds is 7. The van der Waals surface area contributed by atoms with Gasteiger partial charge in [0.2, 0.25) is 11.4 Å². The number of aromatic amines is 1. The number of benzene rings is 2. The predicted molar refractivity (Wildman–Crippen MR) is 141 cm³/mol. The van der Waals surface area contributed by atoms with E-state index in [1.807, 2.05) is 6.07 Å². The van der Waals surface area contributed by atoms with Crippen LogP contribution in [0.15, 0.2) is 46.7 Å². The quantitative estimate of drug-likeness (QED) is 0.406. The number of ether oxygens (including phenoxy) is 4. The Bertz CT molecular complexity index is 1550. The maximum Gasteiger partial charge on any atom is 0.231 e. The molecule has 2 unspecified atom stereocenters. The number of hydrogen-bond acceptors (Lipinski definition) is 10. The fourth-order valence-electron chi connectivity index (χ4n) is 4.80. The Kier molecular flexibility index (Phi) is 6.87. The fraction of sp³-hybridized carbons (Fsp3) is 0.296. The Morgan fingerprint density at radius 1 is 1.23 bits per heavy atom. The summed E-state index contributed by atoms with van der Waals surface area (Å²) in [7, 11) is 4.38. The summed E-state index contributed by atoms with van der Waals surface area (Å²) in [5, 5.41) is 18.5. The van der Waals surface area contributed by atoms with Gasteiger partial charge in [-0.3, -0.25) is 19.7 Å². The molecule has 202 valence electrons. The van der Waals surface area contributed by atoms with Crippen LogP contribution in [0.2, 0.25) is 5.02 Å². The lowest BCUT2D eigenvalue weighted by Crippen LogP contribution is -2.52. The highest BCUT2D eigenvalue weighted by Gasteiger charge is 2.60. The third-order valence-electron chi connectivity index (χ3n) is 6.77. The van der Waals surface area contributed by atoms with Crippen molar-refractivity contribution in [1.82, 2.24) is 15.2 Å². The Morgan fingerprint density at radius 2 is 2.00 bits per heavy atom. The van der Waals surface area contributed by atoms with Crippen molar-refractivity contribution in [3.05, 3.63) is 58.1 Å². The monoisotopic (exact) mass is 552 g/mol. The second kappa shape index (κ2) is 10.2. The van der Waals surface area contributed by atoms with Gasteiger partial charge >= 0.3 is 0 Å². The third-order valence-corrected chi connectivity index (χ3v) is 7.13. The number of carbonyl (C=O) groups is 2. The van der Waals surface area contributed by atoms with E-state index in [0.717, 1.165) is 0 Å². The number of H-pyrrole nitrogens is 1. The number of hydrogen-bond donors (Lipinski definition) is 2. The van der Waals surface area contributed by atoms with Crippen molar-refractivity contribution in [2.45, 2.75) is 25.6 Å². The Morgan fingerprint density at radius 3 is 2.72 bits per heavy atom. The molecule has 3 aromatic rings. The van der Waals surface area contributed by atoms with Crippen molar-refractivity contribution in [1.29, 1.82) is 0 Å². The number of aliphatic imine (C=N–C) groups is 1. The van der Waals surface area contributed by atoms with Crippen LogP contribution >= 0.6 is 11.6 Å². The average Bonchev–Trinajstić information content (AvgIpc) is 3.52. The summed E-state index contributed by atoms with van der Waals surface area (Å²) in [5.41, 5.74) is -0.787. The summed E-state index contributed by atoms with van der Waals surface area (Å²) < 4.78 is 21.9. The van der Waals surface area contributed by atoms with E-state index < -0.39 is 23.1 Å². The molecule has 11 nitrogen and oxygen atoms in total. The molecule has 0 amide bonds. The second-order valence-corrected chi connectivity index (χ2v) is 9.48. The summed E-state index contributed by atoms with van der Waals surface area (Å²) in [6.07, 6.45) is 1.17. The second-order valence-electron chi connectivity index (χ2n) is 9.10. The molecular formula is C27H25ClN4O7. The molecule has 2 atom stereocenters. The highest BCUT2D eigenvalue weighted by molar-refractivity contribution is 6.35. The lowest BCUT2D eigenvalue weighted by atomic mass is 9.73. The summed E-state index contributed by atoms with van der Waals surface area (Å²) in [6, 6.07) is 8.49. The highest BCUT2D eigenvalue weighted by atomic mass is 35.5. The van der Waals surface area contributed by atoms with Crippen molar-refractivity contribution < 1.29 is 33.6 Å². The van der Waals surface area contributed by atoms with Gasteiger partial charge in [-0.2, -0.15) is 5.10 Å². The first kappa shape index (κ1) is 26.4. The zero-order chi connectivity index (χ0) is 27.9. The number of aliphatic hydroxyl groups excluding tert-OH is 1. The number of halogens is 1. The normalized spacial score (nSPS) is 20.6. The number of nitrogens with zero attached hydrogens (tertiary/aromatic N) is 3. The molecule has 0 saturated carbocycles. The first-order chi connectivity index (χ1) is 18.7. The summed E-state index contributed by atoms with van der Waals surface area (Å²) >= 11 is 6.47. The Hall–Kier alpha value is -4.22. The van der Waals surface area contributed by atoms with E-state index in [1.165, 1.54) is 26.5 Å². The molecule has 0 fully saturated rings. The smallest absolute Gasteiger partial charge is 0.231 e. The number of aromatic nitrogens is 3. The van der Waals surface area contributed by atoms with Crippen molar-refractivity contribution in [3.8, 4) is 28.6 Å². The van der Waals surface area contributed by atoms with Crippen molar-refractivity contribution in [2.24, 2.45) is 10.9 Å². The molecule has 39 heavy (non-hydrogen) atoms. The maximum atomic E-state index is 13.8. The number of allylic oxidation sites excluding steroid dienone is 1. The molecule has 0 bridgehead atoms. The first-order valence-corrected chi connectivity index (χ1v) is 12.3. The van der Waals surface area contributed by atoms with Crippen LogP contribution in [-0.4, -0.2) is 65.0 Å². The molecule has 2 aliphatic rings. The van der Waals surface area contributed by atoms with E-state index in [4.69, 9.17) is 30.5 Å². The minimum atomic E-state index is -1.88. The van der Waals surface area contributed by atoms with E-state index in [-0.39, 0.29) is 52.2 Å². The number of carbonyl (C=O) groups excluding carboxylic acids is 2. The van der Waals surface area contributed by atoms with Gasteiger partial charge in [-0.15, -0.1) is 0 Å². The zero-order valence-electron chi connectivity index (χ0n) is 21.6. The van der Waals surface area contributed by atoms with Gasteiger partial charge in [0.25, 0.3) is 0 Å². The maximum absolute atomic E-state index is 13.8. The molecule has 1 aliphatic carbocycles. The van der Waals surface area contributed by atoms with Gasteiger partial charge in [0.1, 0.15) is 28.7 Å². The predicted octanol–water partition coefficient (Wildman–Crippen LogP) is 4.43. The lowest BCUT2D eigenvalue weighted by molar-refractivity contribution is -0.118. The van der Waals surface area contributed by atoms with Crippen LogP contribution in [-0.2, 0) is 16.1 Å². The van der Waals surface area contributed by atoms with Gasteiger partial charge in [-0.1, -0.05) is 30.7 Å². The topological polar surface area (TPSA) is 145 Å². The van der Waals surface area contributed by atoms with Crippen LogP contribution in [0.25, 0.3) is 11.4 Å². The number of aliphatic hydroxyl groups is 1. The fourth-order valence-corrected chi connectivity index (χ4v) is 5.07. The average molecular weight is 553 g/mol. The number of Topliss-reactive ketones (excluding diaryl/α,β-unsaturated/α-hetero) is 2.